The largest absolute Gasteiger partial charge is 0.417 e. The Kier molecular flexibility index (Phi) is 3.81. The maximum atomic E-state index is 6.11. The van der Waals surface area contributed by atoms with Crippen molar-refractivity contribution in [2.24, 2.45) is 5.92 Å². The van der Waals surface area contributed by atoms with Crippen molar-refractivity contribution in [1.29, 1.82) is 0 Å². The summed E-state index contributed by atoms with van der Waals surface area (Å²) in [6.45, 7) is 12.6. The zero-order valence-corrected chi connectivity index (χ0v) is 11.5. The second-order valence-electron chi connectivity index (χ2n) is 6.19. The summed E-state index contributed by atoms with van der Waals surface area (Å²) in [4.78, 5) is 0. The first-order valence-electron chi connectivity index (χ1n) is 5.97. The van der Waals surface area contributed by atoms with Gasteiger partial charge < -0.3 is 4.43 Å². The summed E-state index contributed by atoms with van der Waals surface area (Å²) in [7, 11) is -1.46. The van der Waals surface area contributed by atoms with Crippen molar-refractivity contribution in [3.63, 3.8) is 0 Å². The SMILES string of the molecule is CC(C)(C)[Si](C)(C)OCCCC1CC1. The van der Waals surface area contributed by atoms with Crippen LogP contribution in [0.1, 0.15) is 46.5 Å². The van der Waals surface area contributed by atoms with E-state index < -0.39 is 8.32 Å². The Hall–Kier alpha value is 0.177. The molecular formula is C12H26OSi. The van der Waals surface area contributed by atoms with Crippen molar-refractivity contribution < 1.29 is 4.43 Å². The molecule has 1 aliphatic rings. The van der Waals surface area contributed by atoms with Crippen molar-refractivity contribution in [1.82, 2.24) is 0 Å². The van der Waals surface area contributed by atoms with Gasteiger partial charge in [0.25, 0.3) is 0 Å². The zero-order chi connectivity index (χ0) is 10.8. The number of hydrogen-bond donors (Lipinski definition) is 0. The average molecular weight is 214 g/mol. The van der Waals surface area contributed by atoms with Gasteiger partial charge in [-0.25, -0.2) is 0 Å². The third kappa shape index (κ3) is 3.74. The third-order valence-corrected chi connectivity index (χ3v) is 8.26. The minimum absolute atomic E-state index is 0.368. The molecule has 2 heteroatoms. The summed E-state index contributed by atoms with van der Waals surface area (Å²) >= 11 is 0. The molecule has 0 spiro atoms. The van der Waals surface area contributed by atoms with Crippen molar-refractivity contribution in [3.05, 3.63) is 0 Å². The van der Waals surface area contributed by atoms with E-state index in [2.05, 4.69) is 33.9 Å². The van der Waals surface area contributed by atoms with Crippen LogP contribution in [-0.2, 0) is 4.43 Å². The molecule has 14 heavy (non-hydrogen) atoms. The topological polar surface area (TPSA) is 9.23 Å². The van der Waals surface area contributed by atoms with Crippen LogP contribution in [0.4, 0.5) is 0 Å². The van der Waals surface area contributed by atoms with Crippen molar-refractivity contribution in [2.45, 2.75) is 64.6 Å². The van der Waals surface area contributed by atoms with Crippen LogP contribution in [0.5, 0.6) is 0 Å². The summed E-state index contributed by atoms with van der Waals surface area (Å²) in [5.74, 6) is 1.05. The summed E-state index contributed by atoms with van der Waals surface area (Å²) in [6, 6.07) is 0. The molecule has 0 aromatic carbocycles. The highest BCUT2D eigenvalue weighted by Gasteiger charge is 2.36. The first-order valence-corrected chi connectivity index (χ1v) is 8.88. The van der Waals surface area contributed by atoms with Gasteiger partial charge in [-0.1, -0.05) is 33.6 Å². The van der Waals surface area contributed by atoms with Gasteiger partial charge in [0.05, 0.1) is 0 Å². The lowest BCUT2D eigenvalue weighted by Gasteiger charge is -2.36. The molecule has 0 bridgehead atoms. The van der Waals surface area contributed by atoms with Crippen LogP contribution < -0.4 is 0 Å². The highest BCUT2D eigenvalue weighted by molar-refractivity contribution is 6.74. The fourth-order valence-corrected chi connectivity index (χ4v) is 2.41. The van der Waals surface area contributed by atoms with Gasteiger partial charge in [-0.2, -0.15) is 0 Å². The minimum atomic E-state index is -1.46. The maximum absolute atomic E-state index is 6.11. The quantitative estimate of drug-likeness (QED) is 0.492. The Morgan fingerprint density at radius 1 is 1.21 bits per heavy atom. The van der Waals surface area contributed by atoms with Crippen LogP contribution >= 0.6 is 0 Å². The van der Waals surface area contributed by atoms with E-state index in [1.807, 2.05) is 0 Å². The molecule has 0 amide bonds. The van der Waals surface area contributed by atoms with Gasteiger partial charge in [0.2, 0.25) is 0 Å². The summed E-state index contributed by atoms with van der Waals surface area (Å²) < 4.78 is 6.11. The van der Waals surface area contributed by atoms with E-state index in [0.29, 0.717) is 5.04 Å². The molecule has 0 unspecified atom stereocenters. The smallest absolute Gasteiger partial charge is 0.191 e. The lowest BCUT2D eigenvalue weighted by atomic mass is 10.2. The van der Waals surface area contributed by atoms with E-state index in [4.69, 9.17) is 4.43 Å². The van der Waals surface area contributed by atoms with Crippen LogP contribution in [0.2, 0.25) is 18.1 Å². The fourth-order valence-electron chi connectivity index (χ4n) is 1.32. The van der Waals surface area contributed by atoms with E-state index in [1.54, 1.807) is 0 Å². The highest BCUT2D eigenvalue weighted by Crippen LogP contribution is 2.37. The van der Waals surface area contributed by atoms with Crippen molar-refractivity contribution >= 4 is 8.32 Å². The number of hydrogen-bond acceptors (Lipinski definition) is 1. The minimum Gasteiger partial charge on any atom is -0.417 e. The van der Waals surface area contributed by atoms with Crippen LogP contribution in [0.3, 0.4) is 0 Å². The van der Waals surface area contributed by atoms with E-state index in [1.165, 1.54) is 25.7 Å². The first-order chi connectivity index (χ1) is 6.33. The highest BCUT2D eigenvalue weighted by atomic mass is 28.4. The Balaban J connectivity index is 2.14. The molecule has 1 saturated carbocycles. The molecule has 0 heterocycles. The Morgan fingerprint density at radius 3 is 2.21 bits per heavy atom. The summed E-state index contributed by atoms with van der Waals surface area (Å²) in [5.41, 5.74) is 0. The molecule has 0 aromatic rings. The average Bonchev–Trinajstić information content (AvgIpc) is 2.79. The summed E-state index contributed by atoms with van der Waals surface area (Å²) in [5, 5.41) is 0.368. The van der Waals surface area contributed by atoms with Gasteiger partial charge in [0.15, 0.2) is 8.32 Å². The molecule has 0 saturated heterocycles. The molecule has 1 rings (SSSR count). The molecule has 0 aliphatic heterocycles. The van der Waals surface area contributed by atoms with Gasteiger partial charge in [0.1, 0.15) is 0 Å². The Morgan fingerprint density at radius 2 is 1.79 bits per heavy atom. The van der Waals surface area contributed by atoms with Gasteiger partial charge in [-0.3, -0.25) is 0 Å². The Labute approximate surface area is 90.4 Å². The second kappa shape index (κ2) is 4.36. The monoisotopic (exact) mass is 214 g/mol. The lowest BCUT2D eigenvalue weighted by Crippen LogP contribution is -2.40. The van der Waals surface area contributed by atoms with E-state index in [0.717, 1.165) is 12.5 Å². The van der Waals surface area contributed by atoms with Crippen LogP contribution in [-0.4, -0.2) is 14.9 Å². The second-order valence-corrected chi connectivity index (χ2v) is 11.0. The van der Waals surface area contributed by atoms with Crippen LogP contribution in [0, 0.1) is 5.92 Å². The third-order valence-electron chi connectivity index (χ3n) is 3.72. The molecule has 1 nitrogen and oxygen atoms in total. The molecule has 84 valence electrons. The molecule has 0 N–H and O–H groups in total. The normalized spacial score (nSPS) is 18.6. The van der Waals surface area contributed by atoms with E-state index in [9.17, 15) is 0 Å². The van der Waals surface area contributed by atoms with E-state index in [-0.39, 0.29) is 0 Å². The van der Waals surface area contributed by atoms with Crippen LogP contribution in [0.25, 0.3) is 0 Å². The molecule has 1 aliphatic carbocycles. The molecule has 0 aromatic heterocycles. The van der Waals surface area contributed by atoms with E-state index >= 15 is 0 Å². The first kappa shape index (κ1) is 12.2. The van der Waals surface area contributed by atoms with Gasteiger partial charge >= 0.3 is 0 Å². The van der Waals surface area contributed by atoms with Gasteiger partial charge in [0, 0.05) is 6.61 Å². The lowest BCUT2D eigenvalue weighted by molar-refractivity contribution is 0.276. The molecular weight excluding hydrogens is 188 g/mol. The summed E-state index contributed by atoms with van der Waals surface area (Å²) in [6.07, 6.45) is 5.62. The van der Waals surface area contributed by atoms with Crippen molar-refractivity contribution in [2.75, 3.05) is 6.61 Å². The predicted molar refractivity (Wildman–Crippen MR) is 65.1 cm³/mol. The van der Waals surface area contributed by atoms with Gasteiger partial charge in [-0.15, -0.1) is 0 Å². The fraction of sp³-hybridized carbons (Fsp3) is 1.00. The predicted octanol–water partition coefficient (Wildman–Crippen LogP) is 4.20. The zero-order valence-electron chi connectivity index (χ0n) is 10.5. The Bertz CT molecular complexity index is 177. The maximum Gasteiger partial charge on any atom is 0.191 e. The number of rotatable bonds is 5. The molecule has 1 fully saturated rings. The van der Waals surface area contributed by atoms with Crippen molar-refractivity contribution in [3.8, 4) is 0 Å². The van der Waals surface area contributed by atoms with Gasteiger partial charge in [-0.05, 0) is 36.9 Å². The molecule has 0 radical (unpaired) electrons. The van der Waals surface area contributed by atoms with Crippen LogP contribution in [0.15, 0.2) is 0 Å². The molecule has 0 atom stereocenters. The standard InChI is InChI=1S/C12H26OSi/c1-12(2,3)14(4,5)13-10-6-7-11-8-9-11/h11H,6-10H2,1-5H3.